The summed E-state index contributed by atoms with van der Waals surface area (Å²) < 4.78 is 13.3. The van der Waals surface area contributed by atoms with E-state index < -0.39 is 17.6 Å². The number of para-hydroxylation sites is 1. The molecule has 4 aromatic rings. The Morgan fingerprint density at radius 2 is 1.76 bits per heavy atom. The molecule has 0 aliphatic heterocycles. The summed E-state index contributed by atoms with van der Waals surface area (Å²) in [7, 11) is 0. The first-order chi connectivity index (χ1) is 15.9. The zero-order valence-electron chi connectivity index (χ0n) is 17.0. The van der Waals surface area contributed by atoms with E-state index in [4.69, 9.17) is 17.3 Å². The number of hydrogen-bond donors (Lipinski definition) is 4. The molecule has 0 saturated heterocycles. The lowest BCUT2D eigenvalue weighted by molar-refractivity contribution is 0.0956. The molecule has 2 heterocycles. The molecule has 0 saturated carbocycles. The van der Waals surface area contributed by atoms with Gasteiger partial charge in [-0.3, -0.25) is 9.59 Å². The Bertz CT molecular complexity index is 1290. The number of amides is 2. The Labute approximate surface area is 202 Å². The Hall–Kier alpha value is -3.40. The van der Waals surface area contributed by atoms with Crippen molar-refractivity contribution in [3.8, 4) is 0 Å². The molecule has 0 atom stereocenters. The van der Waals surface area contributed by atoms with E-state index in [0.717, 1.165) is 16.2 Å². The maximum atomic E-state index is 13.3. The van der Waals surface area contributed by atoms with Crippen LogP contribution in [0.5, 0.6) is 0 Å². The number of nitrogens with two attached hydrogens (primary N) is 1. The van der Waals surface area contributed by atoms with Crippen LogP contribution in [0.1, 0.15) is 24.9 Å². The lowest BCUT2D eigenvalue weighted by Crippen LogP contribution is -2.22. The van der Waals surface area contributed by atoms with Crippen LogP contribution in [0.15, 0.2) is 66.0 Å². The van der Waals surface area contributed by atoms with E-state index in [1.807, 2.05) is 17.5 Å². The van der Waals surface area contributed by atoms with Gasteiger partial charge in [0, 0.05) is 10.6 Å². The largest absolute Gasteiger partial charge is 0.397 e. The molecule has 0 aliphatic carbocycles. The molecule has 0 fully saturated rings. The quantitative estimate of drug-likeness (QED) is 0.246. The topological polar surface area (TPSA) is 96.2 Å². The average molecular weight is 501 g/mol. The maximum Gasteiger partial charge on any atom is 0.263 e. The van der Waals surface area contributed by atoms with Crippen molar-refractivity contribution < 1.29 is 14.0 Å². The van der Waals surface area contributed by atoms with E-state index in [0.29, 0.717) is 27.9 Å². The van der Waals surface area contributed by atoms with Crippen molar-refractivity contribution >= 4 is 68.2 Å². The number of thiophene rings is 2. The van der Waals surface area contributed by atoms with E-state index in [1.165, 1.54) is 35.6 Å². The fourth-order valence-electron chi connectivity index (χ4n) is 3.00. The van der Waals surface area contributed by atoms with Crippen LogP contribution in [0.25, 0.3) is 0 Å². The van der Waals surface area contributed by atoms with Gasteiger partial charge in [-0.05, 0) is 47.8 Å². The van der Waals surface area contributed by atoms with Gasteiger partial charge in [0.15, 0.2) is 0 Å². The lowest BCUT2D eigenvalue weighted by Gasteiger charge is -2.10. The zero-order chi connectivity index (χ0) is 23.4. The number of hydrogen-bond acceptors (Lipinski definition) is 6. The third kappa shape index (κ3) is 5.33. The number of carbonyl (C=O) groups is 2. The molecule has 6 nitrogen and oxygen atoms in total. The van der Waals surface area contributed by atoms with Gasteiger partial charge in [-0.15, -0.1) is 22.7 Å². The number of carbonyl (C=O) groups excluding carboxylic acids is 2. The van der Waals surface area contributed by atoms with Crippen LogP contribution in [0.3, 0.4) is 0 Å². The number of halogens is 2. The van der Waals surface area contributed by atoms with Crippen molar-refractivity contribution in [2.75, 3.05) is 16.4 Å². The molecule has 2 aromatic carbocycles. The summed E-state index contributed by atoms with van der Waals surface area (Å²) in [5, 5.41) is 11.3. The Kier molecular flexibility index (Phi) is 6.93. The van der Waals surface area contributed by atoms with Crippen LogP contribution in [0.2, 0.25) is 5.02 Å². The van der Waals surface area contributed by atoms with Gasteiger partial charge in [-0.2, -0.15) is 0 Å². The third-order valence-electron chi connectivity index (χ3n) is 4.61. The molecule has 0 unspecified atom stereocenters. The SMILES string of the molecule is Nc1c(C(=O)NCc2cccs2)sc(Nc2ccc(F)cc2)c1C(=O)Nc1ccccc1Cl. The Morgan fingerprint density at radius 1 is 1.00 bits per heavy atom. The first-order valence-electron chi connectivity index (χ1n) is 9.73. The second-order valence-corrected chi connectivity index (χ2v) is 9.34. The van der Waals surface area contributed by atoms with Gasteiger partial charge in [-0.25, -0.2) is 4.39 Å². The molecule has 0 aliphatic rings. The summed E-state index contributed by atoms with van der Waals surface area (Å²) in [6.07, 6.45) is 0. The average Bonchev–Trinajstić information content (AvgIpc) is 3.43. The third-order valence-corrected chi connectivity index (χ3v) is 6.93. The normalized spacial score (nSPS) is 10.6. The van der Waals surface area contributed by atoms with E-state index in [-0.39, 0.29) is 16.1 Å². The van der Waals surface area contributed by atoms with Crippen molar-refractivity contribution in [3.05, 3.63) is 92.2 Å². The van der Waals surface area contributed by atoms with Gasteiger partial charge in [0.2, 0.25) is 0 Å². The van der Waals surface area contributed by atoms with Crippen molar-refractivity contribution in [1.82, 2.24) is 5.32 Å². The van der Waals surface area contributed by atoms with E-state index in [9.17, 15) is 14.0 Å². The van der Waals surface area contributed by atoms with Gasteiger partial charge in [0.25, 0.3) is 11.8 Å². The standard InChI is InChI=1S/C23H18ClFN4O2S2/c24-16-5-1-2-6-17(16)29-21(30)18-19(26)20(22(31)27-12-15-4-3-11-32-15)33-23(18)28-14-9-7-13(25)8-10-14/h1-11,28H,12,26H2,(H,27,31)(H,29,30). The molecule has 10 heteroatoms. The predicted molar refractivity (Wildman–Crippen MR) is 133 cm³/mol. The van der Waals surface area contributed by atoms with Crippen molar-refractivity contribution in [3.63, 3.8) is 0 Å². The minimum Gasteiger partial charge on any atom is -0.397 e. The van der Waals surface area contributed by atoms with Gasteiger partial charge in [-0.1, -0.05) is 29.8 Å². The highest BCUT2D eigenvalue weighted by molar-refractivity contribution is 7.19. The van der Waals surface area contributed by atoms with Crippen molar-refractivity contribution in [2.24, 2.45) is 0 Å². The van der Waals surface area contributed by atoms with Crippen LogP contribution in [0.4, 0.5) is 26.5 Å². The smallest absolute Gasteiger partial charge is 0.263 e. The summed E-state index contributed by atoms with van der Waals surface area (Å²) in [4.78, 5) is 27.2. The summed E-state index contributed by atoms with van der Waals surface area (Å²) in [6.45, 7) is 0.343. The predicted octanol–water partition coefficient (Wildman–Crippen LogP) is 6.11. The fraction of sp³-hybridized carbons (Fsp3) is 0.0435. The van der Waals surface area contributed by atoms with Gasteiger partial charge in [0.05, 0.1) is 28.5 Å². The minimum atomic E-state index is -0.529. The van der Waals surface area contributed by atoms with Crippen molar-refractivity contribution in [1.29, 1.82) is 0 Å². The van der Waals surface area contributed by atoms with Crippen LogP contribution >= 0.6 is 34.3 Å². The summed E-state index contributed by atoms with van der Waals surface area (Å²) >= 11 is 8.73. The second-order valence-electron chi connectivity index (χ2n) is 6.88. The fourth-order valence-corrected chi connectivity index (χ4v) is 4.88. The van der Waals surface area contributed by atoms with Crippen LogP contribution in [-0.2, 0) is 6.54 Å². The van der Waals surface area contributed by atoms with Crippen LogP contribution in [0, 0.1) is 5.82 Å². The maximum absolute atomic E-state index is 13.3. The van der Waals surface area contributed by atoms with Gasteiger partial charge < -0.3 is 21.7 Å². The minimum absolute atomic E-state index is 0.0397. The zero-order valence-corrected chi connectivity index (χ0v) is 19.4. The molecule has 5 N–H and O–H groups in total. The van der Waals surface area contributed by atoms with Crippen molar-refractivity contribution in [2.45, 2.75) is 6.54 Å². The number of benzene rings is 2. The monoisotopic (exact) mass is 500 g/mol. The number of nitrogens with one attached hydrogen (secondary N) is 3. The summed E-state index contributed by atoms with van der Waals surface area (Å²) in [5.41, 5.74) is 7.37. The highest BCUT2D eigenvalue weighted by Crippen LogP contribution is 2.38. The molecule has 4 rings (SSSR count). The van der Waals surface area contributed by atoms with Crippen LogP contribution < -0.4 is 21.7 Å². The molecular weight excluding hydrogens is 483 g/mol. The molecule has 33 heavy (non-hydrogen) atoms. The summed E-state index contributed by atoms with van der Waals surface area (Å²) in [6, 6.07) is 16.2. The molecule has 0 spiro atoms. The Morgan fingerprint density at radius 3 is 2.45 bits per heavy atom. The number of nitrogen functional groups attached to an aromatic ring is 1. The number of rotatable bonds is 7. The van der Waals surface area contributed by atoms with Crippen LogP contribution in [-0.4, -0.2) is 11.8 Å². The second kappa shape index (κ2) is 10.0. The highest BCUT2D eigenvalue weighted by Gasteiger charge is 2.26. The van der Waals surface area contributed by atoms with E-state index in [1.54, 1.807) is 24.3 Å². The lowest BCUT2D eigenvalue weighted by atomic mass is 10.2. The molecule has 168 valence electrons. The van der Waals surface area contributed by atoms with Gasteiger partial charge >= 0.3 is 0 Å². The van der Waals surface area contributed by atoms with E-state index >= 15 is 0 Å². The Balaban J connectivity index is 1.65. The molecule has 0 bridgehead atoms. The summed E-state index contributed by atoms with van der Waals surface area (Å²) in [5.74, 6) is -1.32. The molecule has 2 amide bonds. The first kappa shape index (κ1) is 22.8. The molecule has 0 radical (unpaired) electrons. The molecule has 2 aromatic heterocycles. The first-order valence-corrected chi connectivity index (χ1v) is 11.8. The molecular formula is C23H18ClFN4O2S2. The number of anilines is 4. The van der Waals surface area contributed by atoms with E-state index in [2.05, 4.69) is 16.0 Å². The van der Waals surface area contributed by atoms with Gasteiger partial charge in [0.1, 0.15) is 15.7 Å². The highest BCUT2D eigenvalue weighted by atomic mass is 35.5.